The molecule has 1 aliphatic heterocycles. The number of sulfonamides is 1. The average molecular weight is 348 g/mol. The van der Waals surface area contributed by atoms with Crippen LogP contribution in [0.25, 0.3) is 0 Å². The Labute approximate surface area is 134 Å². The molecule has 0 spiro atoms. The zero-order chi connectivity index (χ0) is 14.9. The van der Waals surface area contributed by atoms with Gasteiger partial charge in [0.15, 0.2) is 0 Å². The predicted octanol–water partition coefficient (Wildman–Crippen LogP) is 1.41. The Morgan fingerprint density at radius 2 is 2.19 bits per heavy atom. The summed E-state index contributed by atoms with van der Waals surface area (Å²) < 4.78 is 29.6. The summed E-state index contributed by atoms with van der Waals surface area (Å²) in [6.45, 7) is 0.883. The molecule has 118 valence electrons. The molecule has 1 aliphatic carbocycles. The van der Waals surface area contributed by atoms with Crippen LogP contribution in [-0.2, 0) is 16.6 Å². The summed E-state index contributed by atoms with van der Waals surface area (Å²) in [6, 6.07) is 2.15. The van der Waals surface area contributed by atoms with Gasteiger partial charge in [-0.2, -0.15) is 23.5 Å². The first-order valence-corrected chi connectivity index (χ1v) is 10.9. The molecule has 8 heteroatoms. The third-order valence-electron chi connectivity index (χ3n) is 3.75. The van der Waals surface area contributed by atoms with Gasteiger partial charge in [0.25, 0.3) is 0 Å². The van der Waals surface area contributed by atoms with Crippen molar-refractivity contribution in [3.63, 3.8) is 0 Å². The summed E-state index contributed by atoms with van der Waals surface area (Å²) in [5, 5.41) is 0.373. The van der Waals surface area contributed by atoms with E-state index in [1.807, 2.05) is 28.1 Å². The zero-order valence-corrected chi connectivity index (χ0v) is 14.3. The van der Waals surface area contributed by atoms with Gasteiger partial charge >= 0.3 is 0 Å². The van der Waals surface area contributed by atoms with Gasteiger partial charge in [-0.25, -0.2) is 13.1 Å². The summed E-state index contributed by atoms with van der Waals surface area (Å²) in [6.07, 6.45) is 3.97. The third kappa shape index (κ3) is 3.79. The van der Waals surface area contributed by atoms with Gasteiger partial charge in [0.1, 0.15) is 0 Å². The summed E-state index contributed by atoms with van der Waals surface area (Å²) in [5.74, 6) is 3.29. The van der Waals surface area contributed by atoms with E-state index >= 15 is 0 Å². The molecule has 2 heterocycles. The lowest BCUT2D eigenvalue weighted by molar-refractivity contribution is 0.581. The molecule has 0 aromatic carbocycles. The van der Waals surface area contributed by atoms with Crippen molar-refractivity contribution in [1.82, 2.24) is 9.29 Å². The van der Waals surface area contributed by atoms with Crippen molar-refractivity contribution in [2.75, 3.05) is 23.8 Å². The molecule has 0 radical (unpaired) electrons. The minimum Gasteiger partial charge on any atom is -0.346 e. The van der Waals surface area contributed by atoms with E-state index in [-0.39, 0.29) is 0 Å². The van der Waals surface area contributed by atoms with Crippen LogP contribution < -0.4 is 10.5 Å². The van der Waals surface area contributed by atoms with E-state index in [0.717, 1.165) is 35.8 Å². The molecular weight excluding hydrogens is 326 g/mol. The van der Waals surface area contributed by atoms with Crippen LogP contribution in [0.2, 0.25) is 0 Å². The quantitative estimate of drug-likeness (QED) is 0.814. The molecule has 1 aromatic rings. The maximum atomic E-state index is 12.4. The van der Waals surface area contributed by atoms with E-state index in [4.69, 9.17) is 5.73 Å². The van der Waals surface area contributed by atoms with Gasteiger partial charge in [0.05, 0.1) is 4.90 Å². The summed E-state index contributed by atoms with van der Waals surface area (Å²) in [4.78, 5) is 0.350. The van der Waals surface area contributed by atoms with E-state index in [1.54, 1.807) is 12.3 Å². The van der Waals surface area contributed by atoms with Crippen LogP contribution in [0.1, 0.15) is 24.6 Å². The molecule has 3 rings (SSSR count). The number of nitrogens with zero attached hydrogens (tertiary/aromatic N) is 1. The van der Waals surface area contributed by atoms with Crippen LogP contribution in [0, 0.1) is 0 Å². The first-order valence-electron chi connectivity index (χ1n) is 7.20. The summed E-state index contributed by atoms with van der Waals surface area (Å²) >= 11 is 3.75. The van der Waals surface area contributed by atoms with E-state index < -0.39 is 10.0 Å². The lowest BCUT2D eigenvalue weighted by Crippen LogP contribution is -2.33. The predicted molar refractivity (Wildman–Crippen MR) is 89.4 cm³/mol. The van der Waals surface area contributed by atoms with Gasteiger partial charge in [-0.1, -0.05) is 0 Å². The molecular formula is C13H21N3O2S3. The van der Waals surface area contributed by atoms with E-state index in [9.17, 15) is 8.42 Å². The van der Waals surface area contributed by atoms with Gasteiger partial charge < -0.3 is 10.3 Å². The maximum absolute atomic E-state index is 12.4. The van der Waals surface area contributed by atoms with Gasteiger partial charge in [-0.3, -0.25) is 0 Å². The van der Waals surface area contributed by atoms with Crippen LogP contribution in [0.5, 0.6) is 0 Å². The van der Waals surface area contributed by atoms with Crippen molar-refractivity contribution in [3.8, 4) is 0 Å². The number of hydrogen-bond donors (Lipinski definition) is 2. The van der Waals surface area contributed by atoms with Gasteiger partial charge in [-0.15, -0.1) is 0 Å². The number of nitrogens with two attached hydrogens (primary N) is 1. The lowest BCUT2D eigenvalue weighted by atomic mass is 10.4. The fourth-order valence-corrected chi connectivity index (χ4v) is 6.29. The zero-order valence-electron chi connectivity index (χ0n) is 11.8. The van der Waals surface area contributed by atoms with Crippen molar-refractivity contribution in [1.29, 1.82) is 0 Å². The van der Waals surface area contributed by atoms with E-state index in [2.05, 4.69) is 4.72 Å². The fourth-order valence-electron chi connectivity index (χ4n) is 2.44. The topological polar surface area (TPSA) is 77.1 Å². The third-order valence-corrected chi connectivity index (χ3v) is 7.99. The normalized spacial score (nSPS) is 23.4. The number of hydrogen-bond acceptors (Lipinski definition) is 5. The molecule has 2 fully saturated rings. The Bertz CT molecular complexity index is 590. The summed E-state index contributed by atoms with van der Waals surface area (Å²) in [7, 11) is -3.43. The van der Waals surface area contributed by atoms with Crippen molar-refractivity contribution in [3.05, 3.63) is 18.0 Å². The first kappa shape index (κ1) is 15.7. The van der Waals surface area contributed by atoms with E-state index in [0.29, 0.717) is 29.3 Å². The molecule has 1 saturated carbocycles. The number of thioether (sulfide) groups is 2. The largest absolute Gasteiger partial charge is 0.346 e. The second-order valence-electron chi connectivity index (χ2n) is 5.43. The molecule has 1 aromatic heterocycles. The molecule has 0 amide bonds. The molecule has 5 nitrogen and oxygen atoms in total. The van der Waals surface area contributed by atoms with Crippen LogP contribution in [0.3, 0.4) is 0 Å². The van der Waals surface area contributed by atoms with Crippen LogP contribution in [-0.4, -0.2) is 42.0 Å². The second kappa shape index (κ2) is 6.54. The smallest absolute Gasteiger partial charge is 0.242 e. The highest BCUT2D eigenvalue weighted by atomic mass is 32.2. The van der Waals surface area contributed by atoms with Gasteiger partial charge in [0.2, 0.25) is 10.0 Å². The molecule has 0 bridgehead atoms. The van der Waals surface area contributed by atoms with Crippen molar-refractivity contribution < 1.29 is 8.42 Å². The average Bonchev–Trinajstić information content (AvgIpc) is 3.24. The monoisotopic (exact) mass is 347 g/mol. The minimum absolute atomic E-state index is 0.350. The Balaban J connectivity index is 1.68. The van der Waals surface area contributed by atoms with Crippen LogP contribution in [0.15, 0.2) is 17.2 Å². The van der Waals surface area contributed by atoms with Crippen molar-refractivity contribution in [2.45, 2.75) is 35.6 Å². The molecule has 1 atom stereocenters. The Kier molecular flexibility index (Phi) is 4.90. The molecule has 2 aliphatic rings. The fraction of sp³-hybridized carbons (Fsp3) is 0.692. The van der Waals surface area contributed by atoms with Gasteiger partial charge in [0, 0.05) is 53.5 Å². The van der Waals surface area contributed by atoms with Crippen molar-refractivity contribution >= 4 is 33.5 Å². The first-order chi connectivity index (χ1) is 10.1. The number of aromatic nitrogens is 1. The number of rotatable bonds is 6. The Morgan fingerprint density at radius 3 is 2.81 bits per heavy atom. The second-order valence-corrected chi connectivity index (χ2v) is 9.75. The minimum atomic E-state index is -3.43. The Hall–Kier alpha value is -0.150. The SMILES string of the molecule is NCc1cc(S(=O)(=O)NCC2CSCCS2)cn1C1CC1. The highest BCUT2D eigenvalue weighted by Gasteiger charge is 2.28. The highest BCUT2D eigenvalue weighted by Crippen LogP contribution is 2.37. The molecule has 3 N–H and O–H groups in total. The van der Waals surface area contributed by atoms with Gasteiger partial charge in [-0.05, 0) is 18.9 Å². The molecule has 21 heavy (non-hydrogen) atoms. The molecule has 1 saturated heterocycles. The van der Waals surface area contributed by atoms with Crippen molar-refractivity contribution in [2.24, 2.45) is 5.73 Å². The van der Waals surface area contributed by atoms with E-state index in [1.165, 1.54) is 0 Å². The highest BCUT2D eigenvalue weighted by molar-refractivity contribution is 8.06. The van der Waals surface area contributed by atoms with Crippen LogP contribution >= 0.6 is 23.5 Å². The number of nitrogens with one attached hydrogen (secondary N) is 1. The maximum Gasteiger partial charge on any atom is 0.242 e. The van der Waals surface area contributed by atoms with Crippen LogP contribution in [0.4, 0.5) is 0 Å². The lowest BCUT2D eigenvalue weighted by Gasteiger charge is -2.20. The Morgan fingerprint density at radius 1 is 1.38 bits per heavy atom. The molecule has 1 unspecified atom stereocenters. The standard InChI is InChI=1S/C13H21N3O2S3/c14-6-11-5-13(8-16(11)10-1-2-10)21(17,18)15-7-12-9-19-3-4-20-12/h5,8,10,12,15H,1-4,6-7,9,14H2. The summed E-state index contributed by atoms with van der Waals surface area (Å²) in [5.41, 5.74) is 6.62.